The number of fused-ring (bicyclic) bond motifs is 3. The third kappa shape index (κ3) is 1.90. The Kier molecular flexibility index (Phi) is 2.76. The smallest absolute Gasteiger partial charge is 0.228 e. The third-order valence-corrected chi connectivity index (χ3v) is 4.61. The quantitative estimate of drug-likeness (QED) is 0.924. The number of carbonyl (C=O) groups is 1. The summed E-state index contributed by atoms with van der Waals surface area (Å²) in [5.74, 6) is 0.878. The van der Waals surface area contributed by atoms with Gasteiger partial charge in [0.1, 0.15) is 0 Å². The summed E-state index contributed by atoms with van der Waals surface area (Å²) in [5.41, 5.74) is 4.16. The highest BCUT2D eigenvalue weighted by Crippen LogP contribution is 2.46. The summed E-state index contributed by atoms with van der Waals surface area (Å²) in [5, 5.41) is 7.59. The number of anilines is 2. The predicted molar refractivity (Wildman–Crippen MR) is 84.6 cm³/mol. The Bertz CT molecular complexity index is 762. The van der Waals surface area contributed by atoms with E-state index in [1.807, 2.05) is 24.8 Å². The van der Waals surface area contributed by atoms with Crippen LogP contribution >= 0.6 is 0 Å². The maximum absolute atomic E-state index is 12.1. The second-order valence-corrected chi connectivity index (χ2v) is 6.21. The number of nitrogens with zero attached hydrogens (tertiary/aromatic N) is 4. The molecule has 114 valence electrons. The minimum Gasteiger partial charge on any atom is -0.364 e. The summed E-state index contributed by atoms with van der Waals surface area (Å²) in [4.78, 5) is 18.7. The zero-order valence-corrected chi connectivity index (χ0v) is 13.0. The minimum absolute atomic E-state index is 0.0776. The average molecular weight is 297 g/mol. The number of hydrogen-bond acceptors (Lipinski definition) is 4. The van der Waals surface area contributed by atoms with Crippen molar-refractivity contribution in [3.8, 4) is 11.3 Å². The van der Waals surface area contributed by atoms with Crippen molar-refractivity contribution in [2.24, 2.45) is 13.0 Å². The summed E-state index contributed by atoms with van der Waals surface area (Å²) in [6.45, 7) is 2.14. The first kappa shape index (κ1) is 13.3. The van der Waals surface area contributed by atoms with Crippen LogP contribution in [0.4, 0.5) is 11.5 Å². The van der Waals surface area contributed by atoms with Crippen molar-refractivity contribution in [1.82, 2.24) is 14.8 Å². The van der Waals surface area contributed by atoms with E-state index in [-0.39, 0.29) is 17.9 Å². The topological polar surface area (TPSA) is 63.1 Å². The first-order chi connectivity index (χ1) is 10.6. The van der Waals surface area contributed by atoms with E-state index in [0.717, 1.165) is 29.8 Å². The maximum atomic E-state index is 12.1. The van der Waals surface area contributed by atoms with Gasteiger partial charge in [-0.05, 0) is 25.8 Å². The molecule has 1 amide bonds. The first-order valence-electron chi connectivity index (χ1n) is 7.63. The lowest BCUT2D eigenvalue weighted by atomic mass is 9.96. The van der Waals surface area contributed by atoms with E-state index >= 15 is 0 Å². The molecule has 6 nitrogen and oxygen atoms in total. The molecule has 6 heteroatoms. The van der Waals surface area contributed by atoms with Crippen molar-refractivity contribution in [3.63, 3.8) is 0 Å². The standard InChI is InChI=1S/C16H19N5O/c1-9-12-8-20(2)19-13(12)11-6-7-17-15(14(11)21(9)3)18-16(22)10-4-5-10/h6-10H,4-5H2,1-3H3,(H,17,18,22). The zero-order chi connectivity index (χ0) is 15.4. The molecule has 22 heavy (non-hydrogen) atoms. The number of nitrogens with one attached hydrogen (secondary N) is 1. The Morgan fingerprint density at radius 1 is 1.36 bits per heavy atom. The van der Waals surface area contributed by atoms with Gasteiger partial charge in [0.15, 0.2) is 5.82 Å². The van der Waals surface area contributed by atoms with E-state index in [1.54, 1.807) is 6.20 Å². The molecular formula is C16H19N5O. The van der Waals surface area contributed by atoms with Crippen molar-refractivity contribution in [2.75, 3.05) is 17.3 Å². The Balaban J connectivity index is 1.83. The SMILES string of the molecule is CC1c2cn(C)nc2-c2ccnc(NC(=O)C3CC3)c2N1C. The van der Waals surface area contributed by atoms with Gasteiger partial charge in [-0.2, -0.15) is 5.10 Å². The summed E-state index contributed by atoms with van der Waals surface area (Å²) in [7, 11) is 3.97. The van der Waals surface area contributed by atoms with E-state index in [1.165, 1.54) is 5.56 Å². The normalized spacial score (nSPS) is 19.6. The lowest BCUT2D eigenvalue weighted by Crippen LogP contribution is -2.28. The number of aryl methyl sites for hydroxylation is 1. The second-order valence-electron chi connectivity index (χ2n) is 6.21. The van der Waals surface area contributed by atoms with Crippen molar-refractivity contribution in [1.29, 1.82) is 0 Å². The van der Waals surface area contributed by atoms with E-state index in [2.05, 4.69) is 33.4 Å². The molecule has 1 saturated carbocycles. The highest BCUT2D eigenvalue weighted by molar-refractivity contribution is 5.99. The number of aromatic nitrogens is 3. The molecule has 1 N–H and O–H groups in total. The van der Waals surface area contributed by atoms with E-state index < -0.39 is 0 Å². The van der Waals surface area contributed by atoms with Gasteiger partial charge >= 0.3 is 0 Å². The average Bonchev–Trinajstić information content (AvgIpc) is 3.27. The lowest BCUT2D eigenvalue weighted by Gasteiger charge is -2.34. The highest BCUT2D eigenvalue weighted by Gasteiger charge is 2.34. The van der Waals surface area contributed by atoms with Gasteiger partial charge in [-0.25, -0.2) is 4.98 Å². The van der Waals surface area contributed by atoms with E-state index in [0.29, 0.717) is 5.82 Å². The largest absolute Gasteiger partial charge is 0.364 e. The van der Waals surface area contributed by atoms with Gasteiger partial charge in [0, 0.05) is 43.5 Å². The molecule has 2 aromatic heterocycles. The van der Waals surface area contributed by atoms with Crippen LogP contribution in [0.25, 0.3) is 11.3 Å². The molecule has 4 rings (SSSR count). The van der Waals surface area contributed by atoms with Crippen LogP contribution in [0, 0.1) is 5.92 Å². The number of pyridine rings is 1. The highest BCUT2D eigenvalue weighted by atomic mass is 16.2. The van der Waals surface area contributed by atoms with E-state index in [9.17, 15) is 4.79 Å². The van der Waals surface area contributed by atoms with Crippen molar-refractivity contribution < 1.29 is 4.79 Å². The molecule has 2 aliphatic rings. The van der Waals surface area contributed by atoms with Crippen LogP contribution in [0.15, 0.2) is 18.5 Å². The molecule has 1 aliphatic heterocycles. The molecule has 0 aromatic carbocycles. The number of amides is 1. The van der Waals surface area contributed by atoms with Crippen LogP contribution < -0.4 is 10.2 Å². The molecule has 1 fully saturated rings. The molecule has 1 unspecified atom stereocenters. The summed E-state index contributed by atoms with van der Waals surface area (Å²) < 4.78 is 1.84. The molecule has 0 bridgehead atoms. The molecule has 3 heterocycles. The summed E-state index contributed by atoms with van der Waals surface area (Å²) in [6.07, 6.45) is 5.76. The van der Waals surface area contributed by atoms with Gasteiger partial charge in [-0.1, -0.05) is 0 Å². The lowest BCUT2D eigenvalue weighted by molar-refractivity contribution is -0.117. The van der Waals surface area contributed by atoms with Gasteiger partial charge < -0.3 is 10.2 Å². The van der Waals surface area contributed by atoms with Crippen LogP contribution in [-0.4, -0.2) is 27.7 Å². The molecule has 1 aliphatic carbocycles. The van der Waals surface area contributed by atoms with Crippen LogP contribution in [0.2, 0.25) is 0 Å². The fourth-order valence-electron chi connectivity index (χ4n) is 3.08. The van der Waals surface area contributed by atoms with Gasteiger partial charge in [-0.15, -0.1) is 0 Å². The van der Waals surface area contributed by atoms with Crippen LogP contribution in [0.3, 0.4) is 0 Å². The fourth-order valence-corrected chi connectivity index (χ4v) is 3.08. The second kappa shape index (κ2) is 4.56. The molecule has 0 spiro atoms. The van der Waals surface area contributed by atoms with Gasteiger partial charge in [0.25, 0.3) is 0 Å². The Labute approximate surface area is 129 Å². The molecule has 1 atom stereocenters. The Morgan fingerprint density at radius 3 is 2.86 bits per heavy atom. The van der Waals surface area contributed by atoms with Crippen LogP contribution in [0.5, 0.6) is 0 Å². The molecule has 0 saturated heterocycles. The fraction of sp³-hybridized carbons (Fsp3) is 0.438. The third-order valence-electron chi connectivity index (χ3n) is 4.61. The van der Waals surface area contributed by atoms with E-state index in [4.69, 9.17) is 0 Å². The van der Waals surface area contributed by atoms with Crippen LogP contribution in [0.1, 0.15) is 31.4 Å². The Morgan fingerprint density at radius 2 is 2.14 bits per heavy atom. The minimum atomic E-state index is 0.0776. The number of hydrogen-bond donors (Lipinski definition) is 1. The molecular weight excluding hydrogens is 278 g/mol. The number of carbonyl (C=O) groups excluding carboxylic acids is 1. The van der Waals surface area contributed by atoms with Gasteiger partial charge in [0.2, 0.25) is 5.91 Å². The molecule has 2 aromatic rings. The first-order valence-corrected chi connectivity index (χ1v) is 7.63. The number of rotatable bonds is 2. The molecule has 0 radical (unpaired) electrons. The summed E-state index contributed by atoms with van der Waals surface area (Å²) >= 11 is 0. The maximum Gasteiger partial charge on any atom is 0.228 e. The monoisotopic (exact) mass is 297 g/mol. The van der Waals surface area contributed by atoms with Gasteiger partial charge in [-0.3, -0.25) is 9.48 Å². The van der Waals surface area contributed by atoms with Crippen LogP contribution in [-0.2, 0) is 11.8 Å². The van der Waals surface area contributed by atoms with Crippen molar-refractivity contribution in [2.45, 2.75) is 25.8 Å². The zero-order valence-electron chi connectivity index (χ0n) is 13.0. The van der Waals surface area contributed by atoms with Crippen molar-refractivity contribution >= 4 is 17.4 Å². The predicted octanol–water partition coefficient (Wildman–Crippen LogP) is 2.34. The summed E-state index contributed by atoms with van der Waals surface area (Å²) in [6, 6.07) is 2.16. The Hall–Kier alpha value is -2.37. The van der Waals surface area contributed by atoms with Gasteiger partial charge in [0.05, 0.1) is 17.4 Å². The van der Waals surface area contributed by atoms with Crippen molar-refractivity contribution in [3.05, 3.63) is 24.0 Å².